The van der Waals surface area contributed by atoms with Gasteiger partial charge in [-0.2, -0.15) is 0 Å². The number of benzene rings is 1. The van der Waals surface area contributed by atoms with Crippen LogP contribution in [0.2, 0.25) is 0 Å². The molecule has 0 saturated heterocycles. The summed E-state index contributed by atoms with van der Waals surface area (Å²) in [5.41, 5.74) is 1.86. The van der Waals surface area contributed by atoms with Crippen LogP contribution >= 0.6 is 15.9 Å². The molecule has 88 valence electrons. The molecule has 17 heavy (non-hydrogen) atoms. The second-order valence-corrected chi connectivity index (χ2v) is 4.49. The number of aliphatic hydroxyl groups is 1. The predicted molar refractivity (Wildman–Crippen MR) is 68.6 cm³/mol. The van der Waals surface area contributed by atoms with Crippen molar-refractivity contribution >= 4 is 15.9 Å². The standard InChI is InChI=1S/C13H12BrNO2/c14-12-4-1-10(2-5-12)9-17-13-6-3-11(8-16)7-15-13/h1-7,16H,8-9H2. The molecule has 0 aliphatic carbocycles. The Kier molecular flexibility index (Phi) is 4.12. The van der Waals surface area contributed by atoms with Gasteiger partial charge in [0.05, 0.1) is 6.61 Å². The third kappa shape index (κ3) is 3.54. The van der Waals surface area contributed by atoms with Crippen LogP contribution in [0, 0.1) is 0 Å². The minimum atomic E-state index is -0.00000781. The van der Waals surface area contributed by atoms with Crippen molar-refractivity contribution in [2.24, 2.45) is 0 Å². The maximum atomic E-state index is 8.88. The molecule has 1 heterocycles. The summed E-state index contributed by atoms with van der Waals surface area (Å²) in [4.78, 5) is 4.09. The van der Waals surface area contributed by atoms with Gasteiger partial charge in [-0.1, -0.05) is 28.1 Å². The molecule has 0 fully saturated rings. The molecule has 2 rings (SSSR count). The van der Waals surface area contributed by atoms with Crippen LogP contribution in [-0.4, -0.2) is 10.1 Å². The van der Waals surface area contributed by atoms with Gasteiger partial charge in [-0.3, -0.25) is 0 Å². The van der Waals surface area contributed by atoms with Gasteiger partial charge in [0.1, 0.15) is 6.61 Å². The van der Waals surface area contributed by atoms with Crippen molar-refractivity contribution in [1.29, 1.82) is 0 Å². The zero-order valence-corrected chi connectivity index (χ0v) is 10.7. The number of halogens is 1. The molecule has 0 aliphatic heterocycles. The third-order valence-electron chi connectivity index (χ3n) is 2.28. The molecular formula is C13H12BrNO2. The first-order chi connectivity index (χ1) is 8.28. The van der Waals surface area contributed by atoms with Gasteiger partial charge in [-0.05, 0) is 29.3 Å². The van der Waals surface area contributed by atoms with Gasteiger partial charge in [0, 0.05) is 16.7 Å². The summed E-state index contributed by atoms with van der Waals surface area (Å²) in [6, 6.07) is 11.5. The Balaban J connectivity index is 1.95. The summed E-state index contributed by atoms with van der Waals surface area (Å²) < 4.78 is 6.57. The lowest BCUT2D eigenvalue weighted by Gasteiger charge is -2.05. The smallest absolute Gasteiger partial charge is 0.213 e. The molecule has 4 heteroatoms. The second-order valence-electron chi connectivity index (χ2n) is 3.58. The quantitative estimate of drug-likeness (QED) is 0.942. The monoisotopic (exact) mass is 293 g/mol. The normalized spacial score (nSPS) is 10.2. The Hall–Kier alpha value is -1.39. The van der Waals surface area contributed by atoms with E-state index in [-0.39, 0.29) is 6.61 Å². The van der Waals surface area contributed by atoms with E-state index < -0.39 is 0 Å². The van der Waals surface area contributed by atoms with E-state index >= 15 is 0 Å². The molecule has 0 amide bonds. The van der Waals surface area contributed by atoms with E-state index in [1.165, 1.54) is 0 Å². The summed E-state index contributed by atoms with van der Waals surface area (Å²) >= 11 is 3.38. The Morgan fingerprint density at radius 1 is 1.06 bits per heavy atom. The Morgan fingerprint density at radius 3 is 2.35 bits per heavy atom. The first-order valence-corrected chi connectivity index (χ1v) is 6.00. The molecule has 1 N–H and O–H groups in total. The van der Waals surface area contributed by atoms with Crippen LogP contribution in [0.4, 0.5) is 0 Å². The van der Waals surface area contributed by atoms with Crippen LogP contribution in [0.15, 0.2) is 47.1 Å². The molecule has 0 atom stereocenters. The fourth-order valence-electron chi connectivity index (χ4n) is 1.33. The molecule has 0 aliphatic rings. The van der Waals surface area contributed by atoms with Crippen molar-refractivity contribution in [1.82, 2.24) is 4.98 Å². The van der Waals surface area contributed by atoms with Crippen LogP contribution in [0.1, 0.15) is 11.1 Å². The molecule has 1 aromatic carbocycles. The summed E-state index contributed by atoms with van der Waals surface area (Å²) in [6.07, 6.45) is 1.61. The molecule has 1 aromatic heterocycles. The minimum absolute atomic E-state index is 0.00000781. The number of hydrogen-bond acceptors (Lipinski definition) is 3. The van der Waals surface area contributed by atoms with Gasteiger partial charge in [-0.15, -0.1) is 0 Å². The largest absolute Gasteiger partial charge is 0.473 e. The topological polar surface area (TPSA) is 42.4 Å². The van der Waals surface area contributed by atoms with Crippen LogP contribution in [-0.2, 0) is 13.2 Å². The number of aliphatic hydroxyl groups excluding tert-OH is 1. The SMILES string of the molecule is OCc1ccc(OCc2ccc(Br)cc2)nc1. The maximum Gasteiger partial charge on any atom is 0.213 e. The van der Waals surface area contributed by atoms with Crippen LogP contribution < -0.4 is 4.74 Å². The average Bonchev–Trinajstić information content (AvgIpc) is 2.39. The number of nitrogens with zero attached hydrogens (tertiary/aromatic N) is 1. The summed E-state index contributed by atoms with van der Waals surface area (Å²) in [7, 11) is 0. The molecule has 3 nitrogen and oxygen atoms in total. The predicted octanol–water partition coefficient (Wildman–Crippen LogP) is 2.92. The first kappa shape index (κ1) is 12.1. The highest BCUT2D eigenvalue weighted by molar-refractivity contribution is 9.10. The van der Waals surface area contributed by atoms with E-state index in [2.05, 4.69) is 20.9 Å². The van der Waals surface area contributed by atoms with Crippen molar-refractivity contribution < 1.29 is 9.84 Å². The van der Waals surface area contributed by atoms with Crippen molar-refractivity contribution in [2.45, 2.75) is 13.2 Å². The van der Waals surface area contributed by atoms with E-state index in [4.69, 9.17) is 9.84 Å². The fraction of sp³-hybridized carbons (Fsp3) is 0.154. The van der Waals surface area contributed by atoms with E-state index in [0.717, 1.165) is 15.6 Å². The lowest BCUT2D eigenvalue weighted by atomic mass is 10.2. The lowest BCUT2D eigenvalue weighted by Crippen LogP contribution is -1.97. The first-order valence-electron chi connectivity index (χ1n) is 5.21. The number of hydrogen-bond donors (Lipinski definition) is 1. The number of ether oxygens (including phenoxy) is 1. The molecule has 2 aromatic rings. The highest BCUT2D eigenvalue weighted by atomic mass is 79.9. The molecular weight excluding hydrogens is 282 g/mol. The van der Waals surface area contributed by atoms with Gasteiger partial charge in [0.15, 0.2) is 0 Å². The summed E-state index contributed by atoms with van der Waals surface area (Å²) in [5, 5.41) is 8.88. The van der Waals surface area contributed by atoms with Crippen molar-refractivity contribution in [3.8, 4) is 5.88 Å². The van der Waals surface area contributed by atoms with Crippen LogP contribution in [0.25, 0.3) is 0 Å². The Labute approximate surface area is 108 Å². The van der Waals surface area contributed by atoms with Crippen molar-refractivity contribution in [3.63, 3.8) is 0 Å². The summed E-state index contributed by atoms with van der Waals surface area (Å²) in [6.45, 7) is 0.485. The van der Waals surface area contributed by atoms with Gasteiger partial charge >= 0.3 is 0 Å². The molecule has 0 unspecified atom stereocenters. The zero-order valence-electron chi connectivity index (χ0n) is 9.14. The van der Waals surface area contributed by atoms with Gasteiger partial charge in [-0.25, -0.2) is 4.98 Å². The van der Waals surface area contributed by atoms with Gasteiger partial charge in [0.25, 0.3) is 0 Å². The van der Waals surface area contributed by atoms with Gasteiger partial charge < -0.3 is 9.84 Å². The van der Waals surface area contributed by atoms with Crippen molar-refractivity contribution in [2.75, 3.05) is 0 Å². The van der Waals surface area contributed by atoms with Crippen LogP contribution in [0.5, 0.6) is 5.88 Å². The minimum Gasteiger partial charge on any atom is -0.473 e. The van der Waals surface area contributed by atoms with E-state index in [1.807, 2.05) is 24.3 Å². The van der Waals surface area contributed by atoms with Crippen molar-refractivity contribution in [3.05, 3.63) is 58.2 Å². The average molecular weight is 294 g/mol. The molecule has 0 bridgehead atoms. The maximum absolute atomic E-state index is 8.88. The Morgan fingerprint density at radius 2 is 1.76 bits per heavy atom. The zero-order chi connectivity index (χ0) is 12.1. The Bertz CT molecular complexity index is 468. The van der Waals surface area contributed by atoms with E-state index in [9.17, 15) is 0 Å². The highest BCUT2D eigenvalue weighted by Crippen LogP contribution is 2.13. The fourth-order valence-corrected chi connectivity index (χ4v) is 1.59. The third-order valence-corrected chi connectivity index (χ3v) is 2.81. The molecule has 0 radical (unpaired) electrons. The number of rotatable bonds is 4. The number of pyridine rings is 1. The second kappa shape index (κ2) is 5.80. The number of aromatic nitrogens is 1. The highest BCUT2D eigenvalue weighted by Gasteiger charge is 1.98. The molecule has 0 saturated carbocycles. The molecule has 0 spiro atoms. The lowest BCUT2D eigenvalue weighted by molar-refractivity contribution is 0.278. The van der Waals surface area contributed by atoms with E-state index in [1.54, 1.807) is 18.3 Å². The van der Waals surface area contributed by atoms with E-state index in [0.29, 0.717) is 12.5 Å². The van der Waals surface area contributed by atoms with Crippen LogP contribution in [0.3, 0.4) is 0 Å². The van der Waals surface area contributed by atoms with Gasteiger partial charge in [0.2, 0.25) is 5.88 Å². The summed E-state index contributed by atoms with van der Waals surface area (Å²) in [5.74, 6) is 0.560.